The van der Waals surface area contributed by atoms with Gasteiger partial charge in [-0.3, -0.25) is 0 Å². The first kappa shape index (κ1) is 15.8. The number of hydrogen-bond donors (Lipinski definition) is 0. The summed E-state index contributed by atoms with van der Waals surface area (Å²) in [4.78, 5) is 15.4. The number of fused-ring (bicyclic) bond motifs is 3. The van der Waals surface area contributed by atoms with Gasteiger partial charge < -0.3 is 14.1 Å². The fourth-order valence-electron chi connectivity index (χ4n) is 3.51. The zero-order valence-electron chi connectivity index (χ0n) is 15.2. The summed E-state index contributed by atoms with van der Waals surface area (Å²) in [5.74, 6) is 2.06. The molecule has 4 heterocycles. The Kier molecular flexibility index (Phi) is 3.37. The maximum absolute atomic E-state index is 6.06. The zero-order valence-corrected chi connectivity index (χ0v) is 15.2. The number of ether oxygens (including phenoxy) is 1. The number of nitrogens with zero attached hydrogens (tertiary/aromatic N) is 4. The lowest BCUT2D eigenvalue weighted by Gasteiger charge is -2.32. The second-order valence-electron chi connectivity index (χ2n) is 6.62. The molecule has 6 nitrogen and oxygen atoms in total. The predicted octanol–water partition coefficient (Wildman–Crippen LogP) is 5.86. The van der Waals surface area contributed by atoms with Crippen molar-refractivity contribution in [2.45, 2.75) is 0 Å². The molecule has 6 heteroatoms. The van der Waals surface area contributed by atoms with Gasteiger partial charge in [0.15, 0.2) is 11.5 Å². The topological polar surface area (TPSA) is 64.3 Å². The molecule has 1 aliphatic rings. The Morgan fingerprint density at radius 2 is 1.48 bits per heavy atom. The highest BCUT2D eigenvalue weighted by atomic mass is 16.5. The third-order valence-corrected chi connectivity index (χ3v) is 4.82. The Morgan fingerprint density at radius 3 is 2.17 bits per heavy atom. The summed E-state index contributed by atoms with van der Waals surface area (Å²) in [5, 5.41) is 0. The van der Waals surface area contributed by atoms with Crippen LogP contribution in [0.25, 0.3) is 22.8 Å². The smallest absolute Gasteiger partial charge is 0.248 e. The van der Waals surface area contributed by atoms with E-state index in [0.29, 0.717) is 22.8 Å². The minimum Gasteiger partial charge on any atom is -0.453 e. The van der Waals surface area contributed by atoms with Crippen molar-refractivity contribution in [3.05, 3.63) is 85.2 Å². The minimum absolute atomic E-state index is 0.452. The van der Waals surface area contributed by atoms with E-state index < -0.39 is 0 Å². The van der Waals surface area contributed by atoms with E-state index in [1.165, 1.54) is 0 Å². The molecule has 0 amide bonds. The number of para-hydroxylation sites is 4. The molecule has 2 aromatic carbocycles. The molecule has 0 spiro atoms. The third kappa shape index (κ3) is 2.54. The third-order valence-electron chi connectivity index (χ3n) is 4.82. The molecule has 0 saturated heterocycles. The molecule has 0 N–H and O–H groups in total. The quantitative estimate of drug-likeness (QED) is 0.376. The predicted molar refractivity (Wildman–Crippen MR) is 110 cm³/mol. The second-order valence-corrected chi connectivity index (χ2v) is 6.62. The first-order valence-electron chi connectivity index (χ1n) is 9.21. The lowest BCUT2D eigenvalue weighted by molar-refractivity contribution is 0.477. The molecular formula is C23H14N4O2. The van der Waals surface area contributed by atoms with Gasteiger partial charge in [-0.1, -0.05) is 24.3 Å². The molecule has 1 aliphatic heterocycles. The van der Waals surface area contributed by atoms with E-state index in [0.717, 1.165) is 28.6 Å². The average molecular weight is 378 g/mol. The summed E-state index contributed by atoms with van der Waals surface area (Å²) in [7, 11) is 0. The van der Waals surface area contributed by atoms with E-state index in [1.54, 1.807) is 6.20 Å². The lowest BCUT2D eigenvalue weighted by atomic mass is 10.1. The summed E-state index contributed by atoms with van der Waals surface area (Å²) >= 11 is 0. The van der Waals surface area contributed by atoms with Gasteiger partial charge in [0.05, 0.1) is 23.3 Å². The van der Waals surface area contributed by atoms with Crippen molar-refractivity contribution in [1.29, 1.82) is 0 Å². The van der Waals surface area contributed by atoms with Crippen LogP contribution in [0.15, 0.2) is 89.6 Å². The van der Waals surface area contributed by atoms with Crippen molar-refractivity contribution in [3.63, 3.8) is 0 Å². The van der Waals surface area contributed by atoms with Crippen LogP contribution in [0.4, 0.5) is 17.1 Å². The number of rotatable bonds is 2. The van der Waals surface area contributed by atoms with E-state index in [2.05, 4.69) is 19.9 Å². The van der Waals surface area contributed by atoms with Gasteiger partial charge in [0.2, 0.25) is 11.6 Å². The van der Waals surface area contributed by atoms with E-state index in [9.17, 15) is 0 Å². The van der Waals surface area contributed by atoms with Gasteiger partial charge in [-0.15, -0.1) is 0 Å². The van der Waals surface area contributed by atoms with Crippen molar-refractivity contribution < 1.29 is 9.15 Å². The summed E-state index contributed by atoms with van der Waals surface area (Å²) in [6.07, 6.45) is 3.50. The van der Waals surface area contributed by atoms with Crippen LogP contribution in [-0.4, -0.2) is 15.0 Å². The number of oxazole rings is 1. The van der Waals surface area contributed by atoms with Gasteiger partial charge in [0.25, 0.3) is 0 Å². The maximum Gasteiger partial charge on any atom is 0.248 e. The fraction of sp³-hybridized carbons (Fsp3) is 0. The Labute approximate surface area is 166 Å². The summed E-state index contributed by atoms with van der Waals surface area (Å²) in [6.45, 7) is 0. The molecule has 138 valence electrons. The lowest BCUT2D eigenvalue weighted by Crippen LogP contribution is -2.15. The SMILES string of the molecule is c1ccc2c(c1)Oc1ccccc1N2c1ccc(-c2nc3cccnc3o2)nc1. The van der Waals surface area contributed by atoms with Crippen molar-refractivity contribution in [1.82, 2.24) is 15.0 Å². The fourth-order valence-corrected chi connectivity index (χ4v) is 3.51. The molecule has 0 unspecified atom stereocenters. The average Bonchev–Trinajstić information content (AvgIpc) is 3.22. The number of pyridine rings is 2. The van der Waals surface area contributed by atoms with Crippen LogP contribution in [0.1, 0.15) is 0 Å². The normalized spacial score (nSPS) is 12.3. The van der Waals surface area contributed by atoms with Crippen LogP contribution in [0.2, 0.25) is 0 Å². The van der Waals surface area contributed by atoms with E-state index in [-0.39, 0.29) is 0 Å². The van der Waals surface area contributed by atoms with Gasteiger partial charge in [0, 0.05) is 6.20 Å². The Morgan fingerprint density at radius 1 is 0.724 bits per heavy atom. The van der Waals surface area contributed by atoms with E-state index >= 15 is 0 Å². The van der Waals surface area contributed by atoms with Crippen LogP contribution in [-0.2, 0) is 0 Å². The standard InChI is InChI=1S/C23H14N4O2/c1-3-9-20-18(7-1)27(19-8-2-4-10-21(19)28-20)15-11-12-16(25-14-15)23-26-17-6-5-13-24-22(17)29-23/h1-14H. The molecule has 0 saturated carbocycles. The van der Waals surface area contributed by atoms with Crippen LogP contribution < -0.4 is 9.64 Å². The first-order valence-corrected chi connectivity index (χ1v) is 9.21. The number of aromatic nitrogens is 3. The summed E-state index contributed by atoms with van der Waals surface area (Å²) in [6, 6.07) is 23.5. The molecule has 5 aromatic rings. The highest BCUT2D eigenvalue weighted by Crippen LogP contribution is 2.49. The van der Waals surface area contributed by atoms with Gasteiger partial charge in [-0.05, 0) is 48.5 Å². The number of hydrogen-bond acceptors (Lipinski definition) is 6. The van der Waals surface area contributed by atoms with Crippen molar-refractivity contribution in [2.75, 3.05) is 4.90 Å². The number of anilines is 3. The van der Waals surface area contributed by atoms with Gasteiger partial charge in [-0.2, -0.15) is 0 Å². The first-order chi connectivity index (χ1) is 14.4. The molecule has 0 fully saturated rings. The van der Waals surface area contributed by atoms with Crippen LogP contribution in [0.5, 0.6) is 11.5 Å². The highest BCUT2D eigenvalue weighted by molar-refractivity contribution is 5.86. The molecule has 29 heavy (non-hydrogen) atoms. The molecule has 0 bridgehead atoms. The molecule has 0 atom stereocenters. The maximum atomic E-state index is 6.06. The van der Waals surface area contributed by atoms with Crippen LogP contribution in [0.3, 0.4) is 0 Å². The largest absolute Gasteiger partial charge is 0.453 e. The molecule has 6 rings (SSSR count). The van der Waals surface area contributed by atoms with Crippen molar-refractivity contribution in [3.8, 4) is 23.1 Å². The van der Waals surface area contributed by atoms with E-state index in [4.69, 9.17) is 9.15 Å². The molecule has 0 aliphatic carbocycles. The Hall–Kier alpha value is -4.19. The second kappa shape index (κ2) is 6.17. The minimum atomic E-state index is 0.452. The molecule has 0 radical (unpaired) electrons. The zero-order chi connectivity index (χ0) is 19.2. The summed E-state index contributed by atoms with van der Waals surface area (Å²) < 4.78 is 11.8. The van der Waals surface area contributed by atoms with Crippen LogP contribution in [0, 0.1) is 0 Å². The number of benzene rings is 2. The summed E-state index contributed by atoms with van der Waals surface area (Å²) in [5.41, 5.74) is 4.72. The van der Waals surface area contributed by atoms with Gasteiger partial charge in [0.1, 0.15) is 11.2 Å². The van der Waals surface area contributed by atoms with Crippen LogP contribution >= 0.6 is 0 Å². The van der Waals surface area contributed by atoms with Gasteiger partial charge >= 0.3 is 0 Å². The van der Waals surface area contributed by atoms with Crippen molar-refractivity contribution in [2.24, 2.45) is 0 Å². The van der Waals surface area contributed by atoms with E-state index in [1.807, 2.05) is 79.0 Å². The Balaban J connectivity index is 1.44. The monoisotopic (exact) mass is 378 g/mol. The molecule has 3 aromatic heterocycles. The van der Waals surface area contributed by atoms with Crippen molar-refractivity contribution >= 4 is 28.3 Å². The van der Waals surface area contributed by atoms with Gasteiger partial charge in [-0.25, -0.2) is 15.0 Å². The molecular weight excluding hydrogens is 364 g/mol. The Bertz CT molecular complexity index is 1270. The highest BCUT2D eigenvalue weighted by Gasteiger charge is 2.25.